The van der Waals surface area contributed by atoms with Crippen LogP contribution in [0.4, 0.5) is 4.79 Å². The molecule has 0 aliphatic rings. The second-order valence-corrected chi connectivity index (χ2v) is 7.80. The van der Waals surface area contributed by atoms with Crippen molar-refractivity contribution in [2.75, 3.05) is 6.61 Å². The Morgan fingerprint density at radius 1 is 1.03 bits per heavy atom. The molecule has 1 N–H and O–H groups in total. The summed E-state index contributed by atoms with van der Waals surface area (Å²) in [7, 11) is 0. The van der Waals surface area contributed by atoms with Crippen molar-refractivity contribution in [1.29, 1.82) is 0 Å². The molecule has 8 heteroatoms. The van der Waals surface area contributed by atoms with Crippen LogP contribution in [0.25, 0.3) is 0 Å². The molecule has 0 aliphatic carbocycles. The van der Waals surface area contributed by atoms with Crippen LogP contribution in [-0.4, -0.2) is 39.7 Å². The summed E-state index contributed by atoms with van der Waals surface area (Å²) in [5.41, 5.74) is 2.65. The first-order chi connectivity index (χ1) is 15.7. The maximum Gasteiger partial charge on any atom is 0.416 e. The molecule has 1 aromatic heterocycles. The fourth-order valence-corrected chi connectivity index (χ4v) is 3.22. The highest BCUT2D eigenvalue weighted by Crippen LogP contribution is 2.19. The van der Waals surface area contributed by atoms with E-state index in [1.807, 2.05) is 26.0 Å². The SMILES string of the molecule is Cc1ccc(OC(=O)N(Cc2ccc(OCCc3nc(C)oc3C)cc2)C(C)C(=O)O)cc1. The molecule has 0 radical (unpaired) electrons. The number of aliphatic carboxylic acids is 1. The average Bonchev–Trinajstić information content (AvgIpc) is 3.10. The molecule has 1 atom stereocenters. The predicted molar refractivity (Wildman–Crippen MR) is 121 cm³/mol. The molecule has 0 saturated heterocycles. The lowest BCUT2D eigenvalue weighted by Gasteiger charge is -2.25. The number of ether oxygens (including phenoxy) is 2. The molecule has 0 fully saturated rings. The van der Waals surface area contributed by atoms with E-state index in [-0.39, 0.29) is 6.54 Å². The van der Waals surface area contributed by atoms with Crippen molar-refractivity contribution < 1.29 is 28.6 Å². The van der Waals surface area contributed by atoms with Gasteiger partial charge in [-0.3, -0.25) is 4.90 Å². The highest BCUT2D eigenvalue weighted by molar-refractivity contribution is 5.80. The van der Waals surface area contributed by atoms with Crippen LogP contribution in [0.15, 0.2) is 52.9 Å². The molecule has 8 nitrogen and oxygen atoms in total. The van der Waals surface area contributed by atoms with Crippen LogP contribution in [0.3, 0.4) is 0 Å². The van der Waals surface area contributed by atoms with E-state index in [1.54, 1.807) is 43.3 Å². The second-order valence-electron chi connectivity index (χ2n) is 7.80. The zero-order valence-corrected chi connectivity index (χ0v) is 19.2. The van der Waals surface area contributed by atoms with E-state index in [0.29, 0.717) is 30.4 Å². The molecule has 3 aromatic rings. The molecule has 174 valence electrons. The molecule has 1 unspecified atom stereocenters. The number of benzene rings is 2. The van der Waals surface area contributed by atoms with E-state index >= 15 is 0 Å². The highest BCUT2D eigenvalue weighted by Gasteiger charge is 2.27. The van der Waals surface area contributed by atoms with Crippen LogP contribution < -0.4 is 9.47 Å². The lowest BCUT2D eigenvalue weighted by atomic mass is 10.2. The van der Waals surface area contributed by atoms with Gasteiger partial charge in [0.15, 0.2) is 5.89 Å². The van der Waals surface area contributed by atoms with Crippen molar-refractivity contribution in [2.45, 2.75) is 46.7 Å². The molecule has 2 aromatic carbocycles. The summed E-state index contributed by atoms with van der Waals surface area (Å²) >= 11 is 0. The third-order valence-electron chi connectivity index (χ3n) is 5.17. The zero-order valence-electron chi connectivity index (χ0n) is 19.2. The maximum absolute atomic E-state index is 12.7. The number of amides is 1. The fourth-order valence-electron chi connectivity index (χ4n) is 3.22. The molecule has 1 heterocycles. The van der Waals surface area contributed by atoms with Crippen LogP contribution >= 0.6 is 0 Å². The summed E-state index contributed by atoms with van der Waals surface area (Å²) in [6, 6.07) is 13.1. The number of oxazole rings is 1. The molecule has 1 amide bonds. The van der Waals surface area contributed by atoms with E-state index in [4.69, 9.17) is 13.9 Å². The fraction of sp³-hybridized carbons (Fsp3) is 0.320. The van der Waals surface area contributed by atoms with Gasteiger partial charge < -0.3 is 19.0 Å². The predicted octanol–water partition coefficient (Wildman–Crippen LogP) is 4.70. The first-order valence-corrected chi connectivity index (χ1v) is 10.7. The van der Waals surface area contributed by atoms with Crippen LogP contribution in [0, 0.1) is 20.8 Å². The third kappa shape index (κ3) is 6.58. The second kappa shape index (κ2) is 10.7. The van der Waals surface area contributed by atoms with Gasteiger partial charge in [-0.05, 0) is 50.6 Å². The Morgan fingerprint density at radius 2 is 1.67 bits per heavy atom. The number of rotatable bonds is 9. The van der Waals surface area contributed by atoms with Crippen molar-refractivity contribution >= 4 is 12.1 Å². The average molecular weight is 453 g/mol. The van der Waals surface area contributed by atoms with Crippen molar-refractivity contribution in [3.05, 3.63) is 77.0 Å². The molecular weight excluding hydrogens is 424 g/mol. The number of carbonyl (C=O) groups excluding carboxylic acids is 1. The summed E-state index contributed by atoms with van der Waals surface area (Å²) in [4.78, 5) is 29.8. The number of aromatic nitrogens is 1. The lowest BCUT2D eigenvalue weighted by Crippen LogP contribution is -2.44. The monoisotopic (exact) mass is 452 g/mol. The largest absolute Gasteiger partial charge is 0.493 e. The molecule has 0 spiro atoms. The first kappa shape index (κ1) is 23.8. The van der Waals surface area contributed by atoms with Gasteiger partial charge in [0, 0.05) is 19.9 Å². The summed E-state index contributed by atoms with van der Waals surface area (Å²) in [5.74, 6) is 1.32. The molecule has 0 aliphatic heterocycles. The first-order valence-electron chi connectivity index (χ1n) is 10.7. The van der Waals surface area contributed by atoms with Gasteiger partial charge in [0.1, 0.15) is 23.3 Å². The number of carbonyl (C=O) groups is 2. The van der Waals surface area contributed by atoms with Crippen molar-refractivity contribution in [3.8, 4) is 11.5 Å². The minimum absolute atomic E-state index is 0.0792. The standard InChI is InChI=1S/C25H28N2O6/c1-16-5-9-22(10-6-16)33-25(30)27(17(2)24(28)29)15-20-7-11-21(12-8-20)31-14-13-23-18(3)32-19(4)26-23/h5-12,17H,13-15H2,1-4H3,(H,28,29). The summed E-state index contributed by atoms with van der Waals surface area (Å²) in [6.45, 7) is 7.57. The molecule has 3 rings (SSSR count). The van der Waals surface area contributed by atoms with Crippen LogP contribution in [0.5, 0.6) is 11.5 Å². The Kier molecular flexibility index (Phi) is 7.71. The molecule has 33 heavy (non-hydrogen) atoms. The quantitative estimate of drug-likeness (QED) is 0.502. The van der Waals surface area contributed by atoms with Crippen LogP contribution in [0.2, 0.25) is 0 Å². The Labute approximate surface area is 192 Å². The van der Waals surface area contributed by atoms with E-state index in [0.717, 1.165) is 22.6 Å². The van der Waals surface area contributed by atoms with Crippen LogP contribution in [-0.2, 0) is 17.8 Å². The molecular formula is C25H28N2O6. The molecule has 0 bridgehead atoms. The number of hydrogen-bond acceptors (Lipinski definition) is 6. The Bertz CT molecular complexity index is 1090. The number of carboxylic acid groups (broad SMARTS) is 1. The van der Waals surface area contributed by atoms with Gasteiger partial charge in [-0.2, -0.15) is 0 Å². The van der Waals surface area contributed by atoms with Gasteiger partial charge >= 0.3 is 12.1 Å². The van der Waals surface area contributed by atoms with Gasteiger partial charge in [0.2, 0.25) is 0 Å². The summed E-state index contributed by atoms with van der Waals surface area (Å²) < 4.78 is 16.6. The van der Waals surface area contributed by atoms with Crippen LogP contribution in [0.1, 0.15) is 35.4 Å². The Hall–Kier alpha value is -3.81. The Morgan fingerprint density at radius 3 is 2.24 bits per heavy atom. The van der Waals surface area contributed by atoms with E-state index in [1.165, 1.54) is 11.8 Å². The summed E-state index contributed by atoms with van der Waals surface area (Å²) in [6.07, 6.45) is -0.105. The van der Waals surface area contributed by atoms with Gasteiger partial charge in [0.25, 0.3) is 0 Å². The zero-order chi connectivity index (χ0) is 24.0. The van der Waals surface area contributed by atoms with Gasteiger partial charge in [0.05, 0.1) is 12.3 Å². The van der Waals surface area contributed by atoms with Crippen molar-refractivity contribution in [3.63, 3.8) is 0 Å². The number of aryl methyl sites for hydroxylation is 3. The molecule has 0 saturated carbocycles. The number of carboxylic acids is 1. The number of nitrogens with zero attached hydrogens (tertiary/aromatic N) is 2. The normalized spacial score (nSPS) is 11.6. The Balaban J connectivity index is 1.61. The van der Waals surface area contributed by atoms with Gasteiger partial charge in [-0.15, -0.1) is 0 Å². The van der Waals surface area contributed by atoms with Gasteiger partial charge in [-0.25, -0.2) is 14.6 Å². The highest BCUT2D eigenvalue weighted by atomic mass is 16.6. The summed E-state index contributed by atoms with van der Waals surface area (Å²) in [5, 5.41) is 9.46. The van der Waals surface area contributed by atoms with Gasteiger partial charge in [-0.1, -0.05) is 29.8 Å². The minimum atomic E-state index is -1.12. The van der Waals surface area contributed by atoms with Crippen molar-refractivity contribution in [2.24, 2.45) is 0 Å². The van der Waals surface area contributed by atoms with E-state index in [9.17, 15) is 14.7 Å². The van der Waals surface area contributed by atoms with E-state index in [2.05, 4.69) is 4.98 Å². The van der Waals surface area contributed by atoms with Crippen molar-refractivity contribution in [1.82, 2.24) is 9.88 Å². The topological polar surface area (TPSA) is 102 Å². The van der Waals surface area contributed by atoms with E-state index < -0.39 is 18.1 Å². The minimum Gasteiger partial charge on any atom is -0.493 e. The number of hydrogen-bond donors (Lipinski definition) is 1. The maximum atomic E-state index is 12.7. The smallest absolute Gasteiger partial charge is 0.416 e. The third-order valence-corrected chi connectivity index (χ3v) is 5.17. The lowest BCUT2D eigenvalue weighted by molar-refractivity contribution is -0.142.